The summed E-state index contributed by atoms with van der Waals surface area (Å²) in [6.45, 7) is 2.07. The molecule has 96 valence electrons. The molecule has 2 aromatic heterocycles. The third kappa shape index (κ3) is 3.23. The summed E-state index contributed by atoms with van der Waals surface area (Å²) in [6, 6.07) is 6.00. The average Bonchev–Trinajstić information content (AvgIpc) is 2.97. The van der Waals surface area contributed by atoms with Crippen LogP contribution in [0.15, 0.2) is 31.8 Å². The van der Waals surface area contributed by atoms with E-state index in [4.69, 9.17) is 0 Å². The molecule has 0 saturated heterocycles. The molecule has 0 radical (unpaired) electrons. The molecule has 1 unspecified atom stereocenters. The highest BCUT2D eigenvalue weighted by atomic mass is 79.9. The molecule has 0 saturated carbocycles. The quantitative estimate of drug-likeness (QED) is 0.738. The van der Waals surface area contributed by atoms with E-state index in [9.17, 15) is 4.79 Å². The zero-order chi connectivity index (χ0) is 13.1. The van der Waals surface area contributed by atoms with Gasteiger partial charge in [-0.3, -0.25) is 4.79 Å². The topological polar surface area (TPSA) is 29.1 Å². The Kier molecular flexibility index (Phi) is 5.00. The number of thiophene rings is 2. The molecule has 0 aliphatic rings. The molecule has 1 N–H and O–H groups in total. The second-order valence-electron chi connectivity index (χ2n) is 3.68. The average molecular weight is 409 g/mol. The highest BCUT2D eigenvalue weighted by Gasteiger charge is 2.17. The van der Waals surface area contributed by atoms with Gasteiger partial charge in [0, 0.05) is 9.35 Å². The Labute approximate surface area is 131 Å². The van der Waals surface area contributed by atoms with Crippen molar-refractivity contribution in [2.24, 2.45) is 0 Å². The lowest BCUT2D eigenvalue weighted by Gasteiger charge is -2.14. The number of halogens is 2. The molecule has 2 rings (SSSR count). The van der Waals surface area contributed by atoms with Crippen LogP contribution in [0.5, 0.6) is 0 Å². The molecule has 6 heteroatoms. The maximum absolute atomic E-state index is 12.1. The van der Waals surface area contributed by atoms with Gasteiger partial charge in [0.2, 0.25) is 0 Å². The first kappa shape index (κ1) is 14.2. The van der Waals surface area contributed by atoms with E-state index >= 15 is 0 Å². The van der Waals surface area contributed by atoms with Gasteiger partial charge >= 0.3 is 0 Å². The van der Waals surface area contributed by atoms with Crippen LogP contribution >= 0.6 is 54.5 Å². The van der Waals surface area contributed by atoms with E-state index in [-0.39, 0.29) is 11.9 Å². The first-order valence-electron chi connectivity index (χ1n) is 5.41. The van der Waals surface area contributed by atoms with Gasteiger partial charge in [-0.05, 0) is 55.8 Å². The van der Waals surface area contributed by atoms with Crippen LogP contribution < -0.4 is 5.32 Å². The van der Waals surface area contributed by atoms with Gasteiger partial charge in [0.15, 0.2) is 0 Å². The van der Waals surface area contributed by atoms with Crippen LogP contribution in [0.2, 0.25) is 0 Å². The second-order valence-corrected chi connectivity index (χ2v) is 7.89. The molecule has 0 aliphatic heterocycles. The van der Waals surface area contributed by atoms with Crippen molar-refractivity contribution in [2.75, 3.05) is 0 Å². The van der Waals surface area contributed by atoms with E-state index in [1.54, 1.807) is 11.3 Å². The van der Waals surface area contributed by atoms with Crippen LogP contribution in [-0.2, 0) is 0 Å². The Bertz CT molecular complexity index is 517. The van der Waals surface area contributed by atoms with Gasteiger partial charge in [0.05, 0.1) is 14.7 Å². The molecule has 2 aromatic rings. The molecule has 1 amide bonds. The van der Waals surface area contributed by atoms with E-state index in [0.29, 0.717) is 4.88 Å². The van der Waals surface area contributed by atoms with Gasteiger partial charge in [-0.2, -0.15) is 0 Å². The number of amides is 1. The summed E-state index contributed by atoms with van der Waals surface area (Å²) in [5.41, 5.74) is 0. The Hall–Kier alpha value is -0.170. The van der Waals surface area contributed by atoms with E-state index < -0.39 is 0 Å². The Morgan fingerprint density at radius 1 is 1.50 bits per heavy atom. The third-order valence-electron chi connectivity index (χ3n) is 2.47. The van der Waals surface area contributed by atoms with Crippen LogP contribution in [0.4, 0.5) is 0 Å². The van der Waals surface area contributed by atoms with Crippen molar-refractivity contribution in [3.8, 4) is 0 Å². The standard InChI is InChI=1S/C12H11Br2NOS2/c1-2-8(9-4-3-5-17-9)15-12(16)10-6-7(13)11(14)18-10/h3-6,8H,2H2,1H3,(H,15,16). The minimum absolute atomic E-state index is 0.0216. The fourth-order valence-corrected chi connectivity index (χ4v) is 4.35. The molecule has 0 spiro atoms. The monoisotopic (exact) mass is 407 g/mol. The summed E-state index contributed by atoms with van der Waals surface area (Å²) in [6.07, 6.45) is 0.889. The summed E-state index contributed by atoms with van der Waals surface area (Å²) in [7, 11) is 0. The first-order chi connectivity index (χ1) is 8.61. The van der Waals surface area contributed by atoms with Crippen molar-refractivity contribution in [3.63, 3.8) is 0 Å². The van der Waals surface area contributed by atoms with Crippen molar-refractivity contribution in [2.45, 2.75) is 19.4 Å². The molecule has 1 atom stereocenters. The van der Waals surface area contributed by atoms with E-state index in [2.05, 4.69) is 50.2 Å². The normalized spacial score (nSPS) is 12.4. The van der Waals surface area contributed by atoms with E-state index in [1.807, 2.05) is 17.5 Å². The van der Waals surface area contributed by atoms with Crippen molar-refractivity contribution in [1.82, 2.24) is 5.32 Å². The zero-order valence-corrected chi connectivity index (χ0v) is 14.4. The highest BCUT2D eigenvalue weighted by molar-refractivity contribution is 9.13. The molecule has 0 fully saturated rings. The number of hydrogen-bond acceptors (Lipinski definition) is 3. The Balaban J connectivity index is 2.10. The third-order valence-corrected chi connectivity index (χ3v) is 6.71. The summed E-state index contributed by atoms with van der Waals surface area (Å²) in [5.74, 6) is -0.0216. The van der Waals surface area contributed by atoms with Crippen LogP contribution in [-0.4, -0.2) is 5.91 Å². The predicted octanol–water partition coefficient (Wildman–Crippen LogP) is 5.22. The molecule has 0 aromatic carbocycles. The van der Waals surface area contributed by atoms with Gasteiger partial charge in [-0.25, -0.2) is 0 Å². The lowest BCUT2D eigenvalue weighted by Crippen LogP contribution is -2.26. The van der Waals surface area contributed by atoms with Crippen molar-refractivity contribution < 1.29 is 4.79 Å². The van der Waals surface area contributed by atoms with Gasteiger partial charge in [-0.1, -0.05) is 13.0 Å². The van der Waals surface area contributed by atoms with Gasteiger partial charge < -0.3 is 5.32 Å². The van der Waals surface area contributed by atoms with Crippen molar-refractivity contribution in [1.29, 1.82) is 0 Å². The van der Waals surface area contributed by atoms with Gasteiger partial charge in [-0.15, -0.1) is 22.7 Å². The number of hydrogen-bond donors (Lipinski definition) is 1. The molecular formula is C12H11Br2NOS2. The molecule has 18 heavy (non-hydrogen) atoms. The van der Waals surface area contributed by atoms with Crippen molar-refractivity contribution in [3.05, 3.63) is 41.6 Å². The fraction of sp³-hybridized carbons (Fsp3) is 0.250. The van der Waals surface area contributed by atoms with E-state index in [1.165, 1.54) is 16.2 Å². The lowest BCUT2D eigenvalue weighted by atomic mass is 10.2. The SMILES string of the molecule is CCC(NC(=O)c1cc(Br)c(Br)s1)c1cccs1. The van der Waals surface area contributed by atoms with Gasteiger partial charge in [0.25, 0.3) is 5.91 Å². The van der Waals surface area contributed by atoms with Crippen molar-refractivity contribution >= 4 is 60.4 Å². The van der Waals surface area contributed by atoms with Crippen LogP contribution in [0.1, 0.15) is 33.9 Å². The molecule has 0 bridgehead atoms. The fourth-order valence-electron chi connectivity index (χ4n) is 1.55. The summed E-state index contributed by atoms with van der Waals surface area (Å²) >= 11 is 9.90. The smallest absolute Gasteiger partial charge is 0.261 e. The minimum Gasteiger partial charge on any atom is -0.344 e. The van der Waals surface area contributed by atoms with E-state index in [0.717, 1.165) is 14.7 Å². The molecular weight excluding hydrogens is 398 g/mol. The Morgan fingerprint density at radius 3 is 2.78 bits per heavy atom. The van der Waals surface area contributed by atoms with Crippen LogP contribution in [0.25, 0.3) is 0 Å². The number of carbonyl (C=O) groups is 1. The van der Waals surface area contributed by atoms with Crippen LogP contribution in [0.3, 0.4) is 0 Å². The summed E-state index contributed by atoms with van der Waals surface area (Å²) < 4.78 is 1.86. The summed E-state index contributed by atoms with van der Waals surface area (Å²) in [4.78, 5) is 14.0. The van der Waals surface area contributed by atoms with Gasteiger partial charge in [0.1, 0.15) is 0 Å². The molecule has 2 nitrogen and oxygen atoms in total. The number of nitrogens with one attached hydrogen (secondary N) is 1. The molecule has 2 heterocycles. The lowest BCUT2D eigenvalue weighted by molar-refractivity contribution is 0.0940. The predicted molar refractivity (Wildman–Crippen MR) is 84.5 cm³/mol. The maximum atomic E-state index is 12.1. The second kappa shape index (κ2) is 6.32. The number of rotatable bonds is 4. The Morgan fingerprint density at radius 2 is 2.28 bits per heavy atom. The minimum atomic E-state index is -0.0216. The largest absolute Gasteiger partial charge is 0.344 e. The molecule has 0 aliphatic carbocycles. The maximum Gasteiger partial charge on any atom is 0.261 e. The highest BCUT2D eigenvalue weighted by Crippen LogP contribution is 2.32. The first-order valence-corrected chi connectivity index (χ1v) is 8.69. The summed E-state index contributed by atoms with van der Waals surface area (Å²) in [5, 5.41) is 5.10. The zero-order valence-electron chi connectivity index (χ0n) is 9.57. The van der Waals surface area contributed by atoms with Crippen LogP contribution in [0, 0.1) is 0 Å². The number of carbonyl (C=O) groups excluding carboxylic acids is 1.